The van der Waals surface area contributed by atoms with Gasteiger partial charge in [-0.3, -0.25) is 9.78 Å². The molecular weight excluding hydrogens is 296 g/mol. The second kappa shape index (κ2) is 6.67. The van der Waals surface area contributed by atoms with Gasteiger partial charge in [-0.25, -0.2) is 0 Å². The van der Waals surface area contributed by atoms with Crippen LogP contribution in [0, 0.1) is 20.8 Å². The summed E-state index contributed by atoms with van der Waals surface area (Å²) in [5.74, 6) is -0.150. The number of nitrogens with one attached hydrogen (secondary N) is 1. The average Bonchev–Trinajstić information content (AvgIpc) is 2.58. The molecule has 1 amide bonds. The summed E-state index contributed by atoms with van der Waals surface area (Å²) in [5.41, 5.74) is 6.78. The van der Waals surface area contributed by atoms with Crippen LogP contribution in [0.2, 0.25) is 0 Å². The van der Waals surface area contributed by atoms with Crippen molar-refractivity contribution < 1.29 is 4.79 Å². The van der Waals surface area contributed by atoms with Gasteiger partial charge in [-0.05, 0) is 44.0 Å². The van der Waals surface area contributed by atoms with E-state index >= 15 is 0 Å². The highest BCUT2D eigenvalue weighted by molar-refractivity contribution is 6.05. The Labute approximate surface area is 142 Å². The van der Waals surface area contributed by atoms with Crippen LogP contribution in [0.5, 0.6) is 0 Å². The highest BCUT2D eigenvalue weighted by Gasteiger charge is 2.10. The third-order valence-electron chi connectivity index (χ3n) is 4.02. The number of aryl methyl sites for hydroxylation is 3. The molecule has 0 bridgehead atoms. The predicted octanol–water partition coefficient (Wildman–Crippen LogP) is 4.93. The Morgan fingerprint density at radius 2 is 1.54 bits per heavy atom. The molecule has 0 saturated heterocycles. The van der Waals surface area contributed by atoms with Gasteiger partial charge in [0.25, 0.3) is 5.91 Å². The van der Waals surface area contributed by atoms with Gasteiger partial charge in [0.15, 0.2) is 0 Å². The van der Waals surface area contributed by atoms with Crippen LogP contribution in [-0.2, 0) is 0 Å². The molecule has 3 rings (SSSR count). The molecule has 0 aliphatic rings. The number of hydrogen-bond acceptors (Lipinski definition) is 2. The molecule has 1 aromatic heterocycles. The first-order valence-electron chi connectivity index (χ1n) is 7.93. The fraction of sp³-hybridized carbons (Fsp3) is 0.143. The van der Waals surface area contributed by atoms with Crippen molar-refractivity contribution in [3.63, 3.8) is 0 Å². The van der Waals surface area contributed by atoms with Crippen molar-refractivity contribution in [2.45, 2.75) is 20.8 Å². The Bertz CT molecular complexity index is 883. The maximum atomic E-state index is 12.5. The third-order valence-corrected chi connectivity index (χ3v) is 4.02. The fourth-order valence-corrected chi connectivity index (χ4v) is 2.62. The number of carbonyl (C=O) groups excluding carboxylic acids is 1. The van der Waals surface area contributed by atoms with Gasteiger partial charge in [0.1, 0.15) is 0 Å². The van der Waals surface area contributed by atoms with E-state index in [1.807, 2.05) is 44.2 Å². The highest BCUT2D eigenvalue weighted by Crippen LogP contribution is 2.21. The highest BCUT2D eigenvalue weighted by atomic mass is 16.1. The first-order valence-corrected chi connectivity index (χ1v) is 7.93. The minimum Gasteiger partial charge on any atom is -0.322 e. The number of nitrogens with zero attached hydrogens (tertiary/aromatic N) is 1. The van der Waals surface area contributed by atoms with Crippen LogP contribution in [0.3, 0.4) is 0 Å². The number of pyridine rings is 1. The van der Waals surface area contributed by atoms with E-state index in [-0.39, 0.29) is 5.91 Å². The molecule has 0 aliphatic heterocycles. The van der Waals surface area contributed by atoms with E-state index in [1.165, 1.54) is 11.1 Å². The Morgan fingerprint density at radius 1 is 0.833 bits per heavy atom. The van der Waals surface area contributed by atoms with E-state index in [0.717, 1.165) is 22.4 Å². The van der Waals surface area contributed by atoms with E-state index in [2.05, 4.69) is 35.4 Å². The molecule has 0 fully saturated rings. The number of carbonyl (C=O) groups is 1. The standard InChI is InChI=1S/C21H20N2O/c1-14-4-7-17(8-5-14)18-11-19(13-22-12-18)21(24)23-20-9-6-15(2)10-16(20)3/h4-13H,1-3H3,(H,23,24). The number of rotatable bonds is 3. The smallest absolute Gasteiger partial charge is 0.257 e. The van der Waals surface area contributed by atoms with Crippen molar-refractivity contribution in [3.05, 3.63) is 83.2 Å². The molecule has 0 spiro atoms. The van der Waals surface area contributed by atoms with Crippen LogP contribution < -0.4 is 5.32 Å². The van der Waals surface area contributed by atoms with Crippen molar-refractivity contribution in [1.29, 1.82) is 0 Å². The van der Waals surface area contributed by atoms with E-state index in [0.29, 0.717) is 5.56 Å². The molecule has 24 heavy (non-hydrogen) atoms. The summed E-state index contributed by atoms with van der Waals surface area (Å²) in [4.78, 5) is 16.8. The fourth-order valence-electron chi connectivity index (χ4n) is 2.62. The monoisotopic (exact) mass is 316 g/mol. The largest absolute Gasteiger partial charge is 0.322 e. The molecule has 0 aliphatic carbocycles. The van der Waals surface area contributed by atoms with E-state index in [9.17, 15) is 4.79 Å². The topological polar surface area (TPSA) is 42.0 Å². The van der Waals surface area contributed by atoms with Crippen LogP contribution in [-0.4, -0.2) is 10.9 Å². The number of anilines is 1. The minimum absolute atomic E-state index is 0.150. The molecule has 0 unspecified atom stereocenters. The zero-order valence-electron chi connectivity index (χ0n) is 14.1. The van der Waals surface area contributed by atoms with E-state index in [1.54, 1.807) is 12.4 Å². The number of amides is 1. The molecule has 120 valence electrons. The lowest BCUT2D eigenvalue weighted by molar-refractivity contribution is 0.102. The quantitative estimate of drug-likeness (QED) is 0.744. The van der Waals surface area contributed by atoms with Crippen LogP contribution in [0.4, 0.5) is 5.69 Å². The number of aromatic nitrogens is 1. The average molecular weight is 316 g/mol. The molecule has 3 nitrogen and oxygen atoms in total. The van der Waals surface area contributed by atoms with Crippen LogP contribution in [0.1, 0.15) is 27.0 Å². The van der Waals surface area contributed by atoms with Gasteiger partial charge < -0.3 is 5.32 Å². The second-order valence-electron chi connectivity index (χ2n) is 6.10. The molecule has 0 radical (unpaired) electrons. The first-order chi connectivity index (χ1) is 11.5. The Morgan fingerprint density at radius 3 is 2.25 bits per heavy atom. The normalized spacial score (nSPS) is 10.5. The summed E-state index contributed by atoms with van der Waals surface area (Å²) >= 11 is 0. The molecule has 0 saturated carbocycles. The first kappa shape index (κ1) is 15.9. The summed E-state index contributed by atoms with van der Waals surface area (Å²) in [7, 11) is 0. The van der Waals surface area contributed by atoms with Gasteiger partial charge in [0.2, 0.25) is 0 Å². The Balaban J connectivity index is 1.85. The molecule has 3 heteroatoms. The summed E-state index contributed by atoms with van der Waals surface area (Å²) in [6, 6.07) is 16.0. The molecule has 1 N–H and O–H groups in total. The molecule has 1 heterocycles. The lowest BCUT2D eigenvalue weighted by atomic mass is 10.0. The Kier molecular flexibility index (Phi) is 4.43. The maximum Gasteiger partial charge on any atom is 0.257 e. The van der Waals surface area contributed by atoms with Gasteiger partial charge >= 0.3 is 0 Å². The summed E-state index contributed by atoms with van der Waals surface area (Å²) in [6.07, 6.45) is 3.37. The van der Waals surface area contributed by atoms with Crippen molar-refractivity contribution in [2.24, 2.45) is 0 Å². The third kappa shape index (κ3) is 3.51. The van der Waals surface area contributed by atoms with E-state index in [4.69, 9.17) is 0 Å². The lowest BCUT2D eigenvalue weighted by Gasteiger charge is -2.10. The molecule has 3 aromatic rings. The number of benzene rings is 2. The molecule has 0 atom stereocenters. The lowest BCUT2D eigenvalue weighted by Crippen LogP contribution is -2.13. The van der Waals surface area contributed by atoms with Crippen LogP contribution >= 0.6 is 0 Å². The van der Waals surface area contributed by atoms with Gasteiger partial charge in [0, 0.05) is 23.6 Å². The van der Waals surface area contributed by atoms with Gasteiger partial charge in [-0.15, -0.1) is 0 Å². The van der Waals surface area contributed by atoms with Gasteiger partial charge in [-0.1, -0.05) is 47.5 Å². The maximum absolute atomic E-state index is 12.5. The van der Waals surface area contributed by atoms with Crippen LogP contribution in [0.25, 0.3) is 11.1 Å². The van der Waals surface area contributed by atoms with Gasteiger partial charge in [-0.2, -0.15) is 0 Å². The van der Waals surface area contributed by atoms with Crippen LogP contribution in [0.15, 0.2) is 60.9 Å². The molecule has 2 aromatic carbocycles. The molecular formula is C21H20N2O. The SMILES string of the molecule is Cc1ccc(-c2cncc(C(=O)Nc3ccc(C)cc3C)c2)cc1. The second-order valence-corrected chi connectivity index (χ2v) is 6.10. The predicted molar refractivity (Wildman–Crippen MR) is 98.3 cm³/mol. The van der Waals surface area contributed by atoms with Gasteiger partial charge in [0.05, 0.1) is 5.56 Å². The van der Waals surface area contributed by atoms with Crippen molar-refractivity contribution in [3.8, 4) is 11.1 Å². The summed E-state index contributed by atoms with van der Waals surface area (Å²) in [6.45, 7) is 6.08. The zero-order chi connectivity index (χ0) is 17.1. The van der Waals surface area contributed by atoms with Crippen molar-refractivity contribution in [2.75, 3.05) is 5.32 Å². The van der Waals surface area contributed by atoms with Crippen molar-refractivity contribution >= 4 is 11.6 Å². The minimum atomic E-state index is -0.150. The van der Waals surface area contributed by atoms with E-state index < -0.39 is 0 Å². The van der Waals surface area contributed by atoms with Crippen molar-refractivity contribution in [1.82, 2.24) is 4.98 Å². The zero-order valence-corrected chi connectivity index (χ0v) is 14.1. The summed E-state index contributed by atoms with van der Waals surface area (Å²) < 4.78 is 0. The number of hydrogen-bond donors (Lipinski definition) is 1. The Hall–Kier alpha value is -2.94. The summed E-state index contributed by atoms with van der Waals surface area (Å²) in [5, 5.41) is 2.96.